The van der Waals surface area contributed by atoms with Crippen molar-refractivity contribution in [3.63, 3.8) is 0 Å². The van der Waals surface area contributed by atoms with Crippen LogP contribution < -0.4 is 4.90 Å². The summed E-state index contributed by atoms with van der Waals surface area (Å²) >= 11 is 3.35. The van der Waals surface area contributed by atoms with E-state index in [2.05, 4.69) is 20.8 Å². The molecule has 1 aliphatic carbocycles. The van der Waals surface area contributed by atoms with Crippen LogP contribution in [-0.4, -0.2) is 18.0 Å². The predicted molar refractivity (Wildman–Crippen MR) is 78.8 cm³/mol. The Morgan fingerprint density at radius 3 is 2.58 bits per heavy atom. The number of halogens is 1. The van der Waals surface area contributed by atoms with E-state index in [1.54, 1.807) is 6.07 Å². The van der Waals surface area contributed by atoms with Gasteiger partial charge < -0.3 is 4.90 Å². The van der Waals surface area contributed by atoms with Gasteiger partial charge in [0.2, 0.25) is 0 Å². The second-order valence-electron chi connectivity index (χ2n) is 5.57. The van der Waals surface area contributed by atoms with Gasteiger partial charge in [0.15, 0.2) is 0 Å². The molecule has 0 bridgehead atoms. The van der Waals surface area contributed by atoms with E-state index in [1.807, 2.05) is 12.1 Å². The quantitative estimate of drug-likeness (QED) is 0.483. The van der Waals surface area contributed by atoms with Crippen LogP contribution in [0.4, 0.5) is 11.4 Å². The Hall–Kier alpha value is -1.10. The Bertz CT molecular complexity index is 494. The number of anilines is 1. The van der Waals surface area contributed by atoms with Crippen LogP contribution in [0.15, 0.2) is 18.2 Å². The molecule has 19 heavy (non-hydrogen) atoms. The third kappa shape index (κ3) is 2.36. The summed E-state index contributed by atoms with van der Waals surface area (Å²) in [6, 6.07) is 5.58. The van der Waals surface area contributed by atoms with Crippen LogP contribution in [0.5, 0.6) is 0 Å². The normalized spacial score (nSPS) is 25.6. The number of benzene rings is 1. The molecule has 4 nitrogen and oxygen atoms in total. The molecule has 0 radical (unpaired) electrons. The van der Waals surface area contributed by atoms with E-state index in [0.29, 0.717) is 5.33 Å². The van der Waals surface area contributed by atoms with Gasteiger partial charge in [0.05, 0.1) is 4.92 Å². The fraction of sp³-hybridized carbons (Fsp3) is 0.571. The van der Waals surface area contributed by atoms with Gasteiger partial charge in [-0.3, -0.25) is 10.1 Å². The van der Waals surface area contributed by atoms with Crippen LogP contribution in [0.25, 0.3) is 0 Å². The number of fused-ring (bicyclic) bond motifs is 1. The van der Waals surface area contributed by atoms with Gasteiger partial charge in [-0.1, -0.05) is 28.4 Å². The Labute approximate surface area is 121 Å². The van der Waals surface area contributed by atoms with Gasteiger partial charge in [-0.05, 0) is 36.3 Å². The lowest BCUT2D eigenvalue weighted by Crippen LogP contribution is -2.21. The number of nitro groups is 1. The minimum absolute atomic E-state index is 0.247. The zero-order valence-corrected chi connectivity index (χ0v) is 12.3. The van der Waals surface area contributed by atoms with Gasteiger partial charge in [-0.25, -0.2) is 0 Å². The second kappa shape index (κ2) is 5.12. The molecule has 2 atom stereocenters. The zero-order valence-electron chi connectivity index (χ0n) is 10.7. The Morgan fingerprint density at radius 2 is 2.00 bits per heavy atom. The minimum Gasteiger partial charge on any atom is -0.365 e. The molecule has 0 spiro atoms. The van der Waals surface area contributed by atoms with E-state index in [4.69, 9.17) is 0 Å². The van der Waals surface area contributed by atoms with Crippen LogP contribution in [0.3, 0.4) is 0 Å². The first-order valence-corrected chi connectivity index (χ1v) is 7.89. The number of nitrogens with zero attached hydrogens (tertiary/aromatic N) is 2. The first-order valence-electron chi connectivity index (χ1n) is 6.77. The molecular formula is C14H17BrN2O2. The molecule has 1 heterocycles. The van der Waals surface area contributed by atoms with Gasteiger partial charge in [0.1, 0.15) is 5.69 Å². The lowest BCUT2D eigenvalue weighted by atomic mass is 10.0. The molecule has 0 aromatic heterocycles. The van der Waals surface area contributed by atoms with E-state index in [0.717, 1.165) is 36.2 Å². The molecule has 1 aliphatic heterocycles. The van der Waals surface area contributed by atoms with Gasteiger partial charge in [-0.15, -0.1) is 0 Å². The number of rotatable bonds is 3. The number of nitro benzene ring substituents is 1. The van der Waals surface area contributed by atoms with E-state index in [-0.39, 0.29) is 10.6 Å². The molecule has 2 unspecified atom stereocenters. The van der Waals surface area contributed by atoms with Crippen molar-refractivity contribution >= 4 is 27.3 Å². The van der Waals surface area contributed by atoms with Crippen molar-refractivity contribution in [2.24, 2.45) is 11.8 Å². The third-order valence-electron chi connectivity index (χ3n) is 4.46. The number of hydrogen-bond donors (Lipinski definition) is 0. The average molecular weight is 325 g/mol. The van der Waals surface area contributed by atoms with Crippen molar-refractivity contribution in [3.8, 4) is 0 Å². The smallest absolute Gasteiger partial charge is 0.292 e. The van der Waals surface area contributed by atoms with Crippen molar-refractivity contribution in [1.82, 2.24) is 0 Å². The van der Waals surface area contributed by atoms with Crippen molar-refractivity contribution in [2.75, 3.05) is 18.0 Å². The molecule has 1 aromatic rings. The maximum atomic E-state index is 11.3. The third-order valence-corrected chi connectivity index (χ3v) is 5.11. The topological polar surface area (TPSA) is 46.4 Å². The summed E-state index contributed by atoms with van der Waals surface area (Å²) in [5, 5.41) is 11.9. The van der Waals surface area contributed by atoms with E-state index in [1.165, 1.54) is 19.3 Å². The predicted octanol–water partition coefficient (Wildman–Crippen LogP) is 3.73. The first-order chi connectivity index (χ1) is 9.19. The lowest BCUT2D eigenvalue weighted by Gasteiger charge is -2.19. The van der Waals surface area contributed by atoms with E-state index < -0.39 is 0 Å². The van der Waals surface area contributed by atoms with Crippen molar-refractivity contribution in [3.05, 3.63) is 33.9 Å². The van der Waals surface area contributed by atoms with Gasteiger partial charge in [0, 0.05) is 24.5 Å². The monoisotopic (exact) mass is 324 g/mol. The summed E-state index contributed by atoms with van der Waals surface area (Å²) in [6.45, 7) is 1.97. The summed E-state index contributed by atoms with van der Waals surface area (Å²) in [5.74, 6) is 1.49. The van der Waals surface area contributed by atoms with E-state index >= 15 is 0 Å². The van der Waals surface area contributed by atoms with Crippen LogP contribution >= 0.6 is 15.9 Å². The van der Waals surface area contributed by atoms with Crippen molar-refractivity contribution in [1.29, 1.82) is 0 Å². The maximum Gasteiger partial charge on any atom is 0.292 e. The fourth-order valence-corrected chi connectivity index (χ4v) is 3.85. The van der Waals surface area contributed by atoms with Crippen LogP contribution in [0, 0.1) is 22.0 Å². The summed E-state index contributed by atoms with van der Waals surface area (Å²) < 4.78 is 0. The largest absolute Gasteiger partial charge is 0.365 e. The molecular weight excluding hydrogens is 308 g/mol. The van der Waals surface area contributed by atoms with Gasteiger partial charge in [-0.2, -0.15) is 0 Å². The number of alkyl halides is 1. The average Bonchev–Trinajstić information content (AvgIpc) is 2.98. The Morgan fingerprint density at radius 1 is 1.32 bits per heavy atom. The van der Waals surface area contributed by atoms with E-state index in [9.17, 15) is 10.1 Å². The van der Waals surface area contributed by atoms with Crippen molar-refractivity contribution < 1.29 is 4.92 Å². The highest BCUT2D eigenvalue weighted by molar-refractivity contribution is 9.08. The van der Waals surface area contributed by atoms with Crippen LogP contribution in [0.1, 0.15) is 24.8 Å². The standard InChI is InChI=1S/C14H17BrN2O2/c15-7-10-4-5-13(14(6-10)17(18)19)16-8-11-2-1-3-12(11)9-16/h4-6,11-12H,1-3,7-9H2. The van der Waals surface area contributed by atoms with Gasteiger partial charge >= 0.3 is 0 Å². The SMILES string of the molecule is O=[N+]([O-])c1cc(CBr)ccc1N1CC2CCCC2C1. The minimum atomic E-state index is -0.254. The summed E-state index contributed by atoms with van der Waals surface area (Å²) in [6.07, 6.45) is 3.90. The highest BCUT2D eigenvalue weighted by Gasteiger charge is 2.37. The summed E-state index contributed by atoms with van der Waals surface area (Å²) in [5.41, 5.74) is 2.00. The van der Waals surface area contributed by atoms with Gasteiger partial charge in [0.25, 0.3) is 5.69 Å². The molecule has 5 heteroatoms. The lowest BCUT2D eigenvalue weighted by molar-refractivity contribution is -0.384. The van der Waals surface area contributed by atoms with Crippen LogP contribution in [-0.2, 0) is 5.33 Å². The second-order valence-corrected chi connectivity index (χ2v) is 6.13. The Kier molecular flexibility index (Phi) is 3.48. The van der Waals surface area contributed by atoms with Crippen LogP contribution in [0.2, 0.25) is 0 Å². The molecule has 1 saturated heterocycles. The molecule has 2 aliphatic rings. The molecule has 1 saturated carbocycles. The molecule has 3 rings (SSSR count). The maximum absolute atomic E-state index is 11.3. The fourth-order valence-electron chi connectivity index (χ4n) is 3.50. The molecule has 102 valence electrons. The zero-order chi connectivity index (χ0) is 13.4. The molecule has 1 aromatic carbocycles. The summed E-state index contributed by atoms with van der Waals surface area (Å²) in [7, 11) is 0. The van der Waals surface area contributed by atoms with Crippen molar-refractivity contribution in [2.45, 2.75) is 24.6 Å². The summed E-state index contributed by atoms with van der Waals surface area (Å²) in [4.78, 5) is 13.2. The highest BCUT2D eigenvalue weighted by atomic mass is 79.9. The molecule has 0 N–H and O–H groups in total. The first kappa shape index (κ1) is 12.9. The molecule has 0 amide bonds. The molecule has 2 fully saturated rings. The number of hydrogen-bond acceptors (Lipinski definition) is 3. The Balaban J connectivity index is 1.90. The highest BCUT2D eigenvalue weighted by Crippen LogP contribution is 2.42.